The van der Waals surface area contributed by atoms with Crippen molar-refractivity contribution in [3.05, 3.63) is 29.6 Å². The van der Waals surface area contributed by atoms with Gasteiger partial charge in [0.15, 0.2) is 6.20 Å². The highest BCUT2D eigenvalue weighted by Gasteiger charge is 2.21. The van der Waals surface area contributed by atoms with Crippen molar-refractivity contribution in [3.63, 3.8) is 0 Å². The van der Waals surface area contributed by atoms with Crippen molar-refractivity contribution in [2.24, 2.45) is 10.6 Å². The average Bonchev–Trinajstić information content (AvgIpc) is 2.19. The molecule has 0 aromatic carbocycles. The largest absolute Gasteiger partial charge is 0.618 e. The summed E-state index contributed by atoms with van der Waals surface area (Å²) in [6.45, 7) is 5.91. The maximum Gasteiger partial charge on any atom is 0.251 e. The Labute approximate surface area is 99.6 Å². The van der Waals surface area contributed by atoms with Crippen LogP contribution < -0.4 is 4.73 Å². The molecule has 1 rings (SSSR count). The lowest BCUT2D eigenvalue weighted by Crippen LogP contribution is -2.29. The van der Waals surface area contributed by atoms with Crippen molar-refractivity contribution in [1.82, 2.24) is 0 Å². The van der Waals surface area contributed by atoms with E-state index in [0.29, 0.717) is 16.5 Å². The van der Waals surface area contributed by atoms with E-state index in [2.05, 4.69) is 5.16 Å². The van der Waals surface area contributed by atoms with E-state index in [-0.39, 0.29) is 5.41 Å². The third kappa shape index (κ3) is 3.41. The van der Waals surface area contributed by atoms with Crippen molar-refractivity contribution in [2.45, 2.75) is 25.8 Å². The second-order valence-corrected chi connectivity index (χ2v) is 5.45. The van der Waals surface area contributed by atoms with E-state index in [1.807, 2.05) is 26.8 Å². The molecule has 1 aromatic heterocycles. The van der Waals surface area contributed by atoms with Gasteiger partial charge in [-0.2, -0.15) is 4.73 Å². The summed E-state index contributed by atoms with van der Waals surface area (Å²) >= 11 is 1.37. The van der Waals surface area contributed by atoms with E-state index in [4.69, 9.17) is 5.21 Å². The molecule has 0 aliphatic carbocycles. The van der Waals surface area contributed by atoms with Gasteiger partial charge in [0, 0.05) is 23.3 Å². The van der Waals surface area contributed by atoms with Gasteiger partial charge in [-0.05, 0) is 17.8 Å². The minimum atomic E-state index is -0.190. The Bertz CT molecular complexity index is 386. The third-order valence-corrected chi connectivity index (χ3v) is 3.16. The zero-order chi connectivity index (χ0) is 12.2. The summed E-state index contributed by atoms with van der Waals surface area (Å²) in [6, 6.07) is 5.24. The topological polar surface area (TPSA) is 59.5 Å². The molecule has 1 heterocycles. The highest BCUT2D eigenvalue weighted by Crippen LogP contribution is 2.22. The van der Waals surface area contributed by atoms with Crippen LogP contribution in [0.4, 0.5) is 0 Å². The first kappa shape index (κ1) is 12.8. The second kappa shape index (κ2) is 5.21. The van der Waals surface area contributed by atoms with Crippen LogP contribution in [0.25, 0.3) is 0 Å². The molecule has 0 radical (unpaired) electrons. The molecule has 0 fully saturated rings. The summed E-state index contributed by atoms with van der Waals surface area (Å²) in [6.07, 6.45) is 1.45. The Balaban J connectivity index is 2.68. The number of pyridine rings is 1. The molecule has 16 heavy (non-hydrogen) atoms. The molecule has 0 amide bonds. The lowest BCUT2D eigenvalue weighted by molar-refractivity contribution is -0.645. The van der Waals surface area contributed by atoms with Crippen molar-refractivity contribution < 1.29 is 9.94 Å². The molecule has 1 N–H and O–H groups in total. The molecule has 0 saturated heterocycles. The van der Waals surface area contributed by atoms with Crippen molar-refractivity contribution in [3.8, 4) is 0 Å². The van der Waals surface area contributed by atoms with Crippen LogP contribution >= 0.6 is 11.8 Å². The standard InChI is InChI=1S/C11H16N2O2S/c1-11(2,3)9(12-14)8-16-10-6-4-5-7-13(10)15/h4-7,14H,8H2,1-3H3/b12-9+. The molecule has 0 bridgehead atoms. The minimum Gasteiger partial charge on any atom is -0.618 e. The fourth-order valence-electron chi connectivity index (χ4n) is 1.06. The van der Waals surface area contributed by atoms with Gasteiger partial charge >= 0.3 is 0 Å². The van der Waals surface area contributed by atoms with Crippen LogP contribution in [-0.4, -0.2) is 16.7 Å². The Hall–Kier alpha value is -1.23. The lowest BCUT2D eigenvalue weighted by atomic mass is 9.91. The predicted octanol–water partition coefficient (Wildman–Crippen LogP) is 2.29. The smallest absolute Gasteiger partial charge is 0.251 e. The Morgan fingerprint density at radius 1 is 1.50 bits per heavy atom. The molecule has 0 aliphatic heterocycles. The first-order chi connectivity index (χ1) is 7.45. The SMILES string of the molecule is CC(C)(C)/C(CSc1cccc[n+]1[O-])=N/O. The highest BCUT2D eigenvalue weighted by molar-refractivity contribution is 7.99. The number of hydrogen-bond donors (Lipinski definition) is 1. The van der Waals surface area contributed by atoms with Gasteiger partial charge in [-0.15, -0.1) is 0 Å². The number of thioether (sulfide) groups is 1. The summed E-state index contributed by atoms with van der Waals surface area (Å²) in [5.74, 6) is 0.506. The quantitative estimate of drug-likeness (QED) is 0.220. The fraction of sp³-hybridized carbons (Fsp3) is 0.455. The van der Waals surface area contributed by atoms with Crippen LogP contribution in [0.2, 0.25) is 0 Å². The number of oxime groups is 1. The molecule has 0 spiro atoms. The van der Waals surface area contributed by atoms with E-state index in [9.17, 15) is 5.21 Å². The zero-order valence-electron chi connectivity index (χ0n) is 9.67. The zero-order valence-corrected chi connectivity index (χ0v) is 10.5. The molecule has 88 valence electrons. The molecular weight excluding hydrogens is 224 g/mol. The van der Waals surface area contributed by atoms with E-state index in [1.54, 1.807) is 12.1 Å². The van der Waals surface area contributed by atoms with Crippen molar-refractivity contribution in [1.29, 1.82) is 0 Å². The van der Waals surface area contributed by atoms with Crippen molar-refractivity contribution in [2.75, 3.05) is 5.75 Å². The molecule has 0 aliphatic rings. The third-order valence-electron chi connectivity index (χ3n) is 2.13. The summed E-state index contributed by atoms with van der Waals surface area (Å²) in [4.78, 5) is 0. The number of aromatic nitrogens is 1. The van der Waals surface area contributed by atoms with Gasteiger partial charge < -0.3 is 10.4 Å². The second-order valence-electron chi connectivity index (χ2n) is 4.45. The van der Waals surface area contributed by atoms with Crippen LogP contribution in [0.3, 0.4) is 0 Å². The normalized spacial score (nSPS) is 12.8. The van der Waals surface area contributed by atoms with Gasteiger partial charge in [0.05, 0.1) is 5.71 Å². The summed E-state index contributed by atoms with van der Waals surface area (Å²) in [7, 11) is 0. The molecule has 0 atom stereocenters. The van der Waals surface area contributed by atoms with E-state index in [1.165, 1.54) is 18.0 Å². The molecule has 0 saturated carbocycles. The van der Waals surface area contributed by atoms with Gasteiger partial charge in [-0.25, -0.2) is 0 Å². The minimum absolute atomic E-state index is 0.190. The van der Waals surface area contributed by atoms with E-state index >= 15 is 0 Å². The maximum absolute atomic E-state index is 11.4. The van der Waals surface area contributed by atoms with Gasteiger partial charge in [0.25, 0.3) is 5.03 Å². The summed E-state index contributed by atoms with van der Waals surface area (Å²) < 4.78 is 0.808. The lowest BCUT2D eigenvalue weighted by Gasteiger charge is -2.18. The molecule has 1 aromatic rings. The fourth-order valence-corrected chi connectivity index (χ4v) is 2.20. The van der Waals surface area contributed by atoms with Crippen LogP contribution in [0, 0.1) is 10.6 Å². The Morgan fingerprint density at radius 2 is 2.19 bits per heavy atom. The maximum atomic E-state index is 11.4. The highest BCUT2D eigenvalue weighted by atomic mass is 32.2. The van der Waals surface area contributed by atoms with Gasteiger partial charge in [0.1, 0.15) is 0 Å². The van der Waals surface area contributed by atoms with E-state index < -0.39 is 0 Å². The van der Waals surface area contributed by atoms with Crippen LogP contribution in [0.15, 0.2) is 34.6 Å². The van der Waals surface area contributed by atoms with Crippen LogP contribution in [0.5, 0.6) is 0 Å². The molecular formula is C11H16N2O2S. The Kier molecular flexibility index (Phi) is 4.18. The van der Waals surface area contributed by atoms with Crippen LogP contribution in [-0.2, 0) is 0 Å². The van der Waals surface area contributed by atoms with Gasteiger partial charge in [-0.1, -0.05) is 25.9 Å². The number of nitrogens with zero attached hydrogens (tertiary/aromatic N) is 2. The molecule has 0 unspecified atom stereocenters. The number of rotatable bonds is 3. The number of hydrogen-bond acceptors (Lipinski definition) is 4. The average molecular weight is 240 g/mol. The monoisotopic (exact) mass is 240 g/mol. The summed E-state index contributed by atoms with van der Waals surface area (Å²) in [5, 5.41) is 24.2. The van der Waals surface area contributed by atoms with Gasteiger partial charge in [-0.3, -0.25) is 0 Å². The van der Waals surface area contributed by atoms with Crippen LogP contribution in [0.1, 0.15) is 20.8 Å². The first-order valence-electron chi connectivity index (χ1n) is 4.97. The van der Waals surface area contributed by atoms with Gasteiger partial charge in [0.2, 0.25) is 0 Å². The first-order valence-corrected chi connectivity index (χ1v) is 5.96. The van der Waals surface area contributed by atoms with Crippen molar-refractivity contribution >= 4 is 17.5 Å². The Morgan fingerprint density at radius 3 is 2.69 bits per heavy atom. The molecule has 4 nitrogen and oxygen atoms in total. The predicted molar refractivity (Wildman–Crippen MR) is 64.8 cm³/mol. The summed E-state index contributed by atoms with van der Waals surface area (Å²) in [5.41, 5.74) is 0.478. The van der Waals surface area contributed by atoms with E-state index in [0.717, 1.165) is 4.73 Å². The molecule has 5 heteroatoms.